The van der Waals surface area contributed by atoms with Gasteiger partial charge in [-0.25, -0.2) is 4.98 Å². The molecule has 0 aliphatic carbocycles. The zero-order valence-corrected chi connectivity index (χ0v) is 18.7. The number of aryl methyl sites for hydroxylation is 1. The molecular formula is C21H27F3N6O2. The molecule has 0 bridgehead atoms. The molecule has 0 unspecified atom stereocenters. The minimum absolute atomic E-state index is 0.00512. The van der Waals surface area contributed by atoms with Crippen molar-refractivity contribution in [3.8, 4) is 5.75 Å². The van der Waals surface area contributed by atoms with Crippen LogP contribution in [0.4, 0.5) is 19.0 Å². The molecule has 2 heterocycles. The lowest BCUT2D eigenvalue weighted by molar-refractivity contribution is -0.138. The van der Waals surface area contributed by atoms with E-state index in [0.717, 1.165) is 18.9 Å². The fourth-order valence-corrected chi connectivity index (χ4v) is 3.23. The summed E-state index contributed by atoms with van der Waals surface area (Å²) in [4.78, 5) is 16.4. The maximum absolute atomic E-state index is 13.5. The number of alkyl halides is 3. The molecule has 11 heteroatoms. The Labute approximate surface area is 183 Å². The third-order valence-corrected chi connectivity index (χ3v) is 4.97. The number of carbonyl (C=O) groups excluding carboxylic acids is 1. The molecule has 0 radical (unpaired) electrons. The highest BCUT2D eigenvalue weighted by molar-refractivity contribution is 5.85. The van der Waals surface area contributed by atoms with E-state index in [9.17, 15) is 18.0 Å². The monoisotopic (exact) mass is 452 g/mol. The Kier molecular flexibility index (Phi) is 6.47. The van der Waals surface area contributed by atoms with Gasteiger partial charge in [-0.2, -0.15) is 13.2 Å². The standard InChI is InChI=1S/C21H27F3N6O2/c1-12-28-29-18-17(25-8-6-7-9-26-19(31)20(2,3)4)27-14-11-16(32-5)13(21(22,23)24)10-15(14)30(12)18/h10-11H,6-9H2,1-5H3,(H,25,27)(H,26,31). The smallest absolute Gasteiger partial charge is 0.420 e. The number of anilines is 1. The number of hydrogen-bond acceptors (Lipinski definition) is 6. The average molecular weight is 452 g/mol. The Morgan fingerprint density at radius 2 is 1.81 bits per heavy atom. The van der Waals surface area contributed by atoms with Crippen LogP contribution in [0.3, 0.4) is 0 Å². The van der Waals surface area contributed by atoms with E-state index >= 15 is 0 Å². The second-order valence-electron chi connectivity index (χ2n) is 8.55. The van der Waals surface area contributed by atoms with E-state index in [2.05, 4.69) is 25.8 Å². The van der Waals surface area contributed by atoms with Crippen LogP contribution in [0.15, 0.2) is 12.1 Å². The number of hydrogen-bond donors (Lipinski definition) is 2. The first-order chi connectivity index (χ1) is 14.9. The molecule has 174 valence electrons. The largest absolute Gasteiger partial charge is 0.496 e. The normalized spacial score (nSPS) is 12.4. The quantitative estimate of drug-likeness (QED) is 0.527. The number of nitrogens with one attached hydrogen (secondary N) is 2. The van der Waals surface area contributed by atoms with Crippen molar-refractivity contribution in [3.05, 3.63) is 23.5 Å². The van der Waals surface area contributed by atoms with Gasteiger partial charge in [0.25, 0.3) is 0 Å². The number of benzene rings is 1. The Balaban J connectivity index is 1.81. The van der Waals surface area contributed by atoms with E-state index in [1.807, 2.05) is 20.8 Å². The second kappa shape index (κ2) is 8.79. The Bertz CT molecular complexity index is 1130. The molecule has 1 amide bonds. The van der Waals surface area contributed by atoms with Crippen LogP contribution in [0, 0.1) is 12.3 Å². The molecule has 0 aliphatic heterocycles. The topological polar surface area (TPSA) is 93.4 Å². The third-order valence-electron chi connectivity index (χ3n) is 4.97. The highest BCUT2D eigenvalue weighted by Gasteiger charge is 2.35. The van der Waals surface area contributed by atoms with Crippen molar-refractivity contribution in [2.24, 2.45) is 5.41 Å². The maximum atomic E-state index is 13.5. The van der Waals surface area contributed by atoms with Gasteiger partial charge in [0, 0.05) is 24.6 Å². The first-order valence-electron chi connectivity index (χ1n) is 10.3. The molecular weight excluding hydrogens is 425 g/mol. The number of methoxy groups -OCH3 is 1. The summed E-state index contributed by atoms with van der Waals surface area (Å²) in [6, 6.07) is 2.27. The Morgan fingerprint density at radius 3 is 2.44 bits per heavy atom. The van der Waals surface area contributed by atoms with Crippen LogP contribution in [-0.2, 0) is 11.0 Å². The number of halogens is 3. The number of amides is 1. The first-order valence-corrected chi connectivity index (χ1v) is 10.3. The fraction of sp³-hybridized carbons (Fsp3) is 0.524. The number of carbonyl (C=O) groups is 1. The minimum Gasteiger partial charge on any atom is -0.496 e. The van der Waals surface area contributed by atoms with Gasteiger partial charge in [-0.15, -0.1) is 10.2 Å². The van der Waals surface area contributed by atoms with Gasteiger partial charge in [-0.05, 0) is 25.8 Å². The molecule has 0 aliphatic rings. The second-order valence-corrected chi connectivity index (χ2v) is 8.55. The highest BCUT2D eigenvalue weighted by Crippen LogP contribution is 2.39. The molecule has 0 fully saturated rings. The molecule has 3 rings (SSSR count). The maximum Gasteiger partial charge on any atom is 0.420 e. The van der Waals surface area contributed by atoms with E-state index in [4.69, 9.17) is 4.74 Å². The van der Waals surface area contributed by atoms with Crippen LogP contribution in [0.5, 0.6) is 5.75 Å². The first kappa shape index (κ1) is 23.6. The van der Waals surface area contributed by atoms with Crippen LogP contribution in [-0.4, -0.2) is 45.7 Å². The van der Waals surface area contributed by atoms with Crippen molar-refractivity contribution in [2.45, 2.75) is 46.7 Å². The molecule has 0 atom stereocenters. The number of ether oxygens (including phenoxy) is 1. The zero-order valence-electron chi connectivity index (χ0n) is 18.7. The van der Waals surface area contributed by atoms with Gasteiger partial charge in [0.1, 0.15) is 11.6 Å². The molecule has 0 saturated heterocycles. The number of rotatable bonds is 7. The van der Waals surface area contributed by atoms with Gasteiger partial charge < -0.3 is 15.4 Å². The molecule has 32 heavy (non-hydrogen) atoms. The van der Waals surface area contributed by atoms with Crippen LogP contribution >= 0.6 is 0 Å². The predicted octanol–water partition coefficient (Wildman–Crippen LogP) is 3.97. The fourth-order valence-electron chi connectivity index (χ4n) is 3.23. The molecule has 3 aromatic rings. The summed E-state index contributed by atoms with van der Waals surface area (Å²) in [5.74, 6) is 0.551. The van der Waals surface area contributed by atoms with E-state index in [1.165, 1.54) is 13.2 Å². The molecule has 2 aromatic heterocycles. The number of nitrogens with zero attached hydrogens (tertiary/aromatic N) is 4. The molecule has 0 saturated carbocycles. The summed E-state index contributed by atoms with van der Waals surface area (Å²) in [6.07, 6.45) is -3.07. The summed E-state index contributed by atoms with van der Waals surface area (Å²) in [5.41, 5.74) is -0.412. The number of aromatic nitrogens is 4. The van der Waals surface area contributed by atoms with Gasteiger partial charge in [-0.3, -0.25) is 9.20 Å². The van der Waals surface area contributed by atoms with Crippen LogP contribution in [0.1, 0.15) is 45.0 Å². The van der Waals surface area contributed by atoms with Crippen molar-refractivity contribution >= 4 is 28.4 Å². The Morgan fingerprint density at radius 1 is 1.12 bits per heavy atom. The lowest BCUT2D eigenvalue weighted by atomic mass is 9.96. The zero-order chi connectivity index (χ0) is 23.7. The minimum atomic E-state index is -4.58. The summed E-state index contributed by atoms with van der Waals surface area (Å²) in [7, 11) is 1.19. The van der Waals surface area contributed by atoms with Crippen LogP contribution in [0.25, 0.3) is 16.7 Å². The molecule has 0 spiro atoms. The third kappa shape index (κ3) is 4.86. The van der Waals surface area contributed by atoms with Crippen LogP contribution in [0.2, 0.25) is 0 Å². The number of unbranched alkanes of at least 4 members (excludes halogenated alkanes) is 1. The van der Waals surface area contributed by atoms with E-state index in [1.54, 1.807) is 11.3 Å². The summed E-state index contributed by atoms with van der Waals surface area (Å²) in [6.45, 7) is 8.33. The lowest BCUT2D eigenvalue weighted by Gasteiger charge is -2.17. The van der Waals surface area contributed by atoms with E-state index in [0.29, 0.717) is 35.9 Å². The van der Waals surface area contributed by atoms with Crippen molar-refractivity contribution in [1.29, 1.82) is 0 Å². The van der Waals surface area contributed by atoms with E-state index in [-0.39, 0.29) is 17.2 Å². The summed E-state index contributed by atoms with van der Waals surface area (Å²) in [5, 5.41) is 14.2. The predicted molar refractivity (Wildman–Crippen MR) is 115 cm³/mol. The lowest BCUT2D eigenvalue weighted by Crippen LogP contribution is -2.35. The van der Waals surface area contributed by atoms with Gasteiger partial charge >= 0.3 is 6.18 Å². The molecule has 2 N–H and O–H groups in total. The average Bonchev–Trinajstić information content (AvgIpc) is 3.10. The van der Waals surface area contributed by atoms with Crippen LogP contribution < -0.4 is 15.4 Å². The summed E-state index contributed by atoms with van der Waals surface area (Å²) >= 11 is 0. The SMILES string of the molecule is COc1cc2nc(NCCCCNC(=O)C(C)(C)C)c3nnc(C)n3c2cc1C(F)(F)F. The summed E-state index contributed by atoms with van der Waals surface area (Å²) < 4.78 is 46.9. The van der Waals surface area contributed by atoms with E-state index < -0.39 is 17.2 Å². The van der Waals surface area contributed by atoms with Gasteiger partial charge in [0.2, 0.25) is 11.6 Å². The molecule has 8 nitrogen and oxygen atoms in total. The van der Waals surface area contributed by atoms with Crippen molar-refractivity contribution in [3.63, 3.8) is 0 Å². The van der Waals surface area contributed by atoms with Crippen molar-refractivity contribution < 1.29 is 22.7 Å². The molecule has 1 aromatic carbocycles. The number of fused-ring (bicyclic) bond motifs is 3. The van der Waals surface area contributed by atoms with Crippen molar-refractivity contribution in [2.75, 3.05) is 25.5 Å². The van der Waals surface area contributed by atoms with Gasteiger partial charge in [0.05, 0.1) is 23.7 Å². The van der Waals surface area contributed by atoms with Gasteiger partial charge in [-0.1, -0.05) is 20.8 Å². The Hall–Kier alpha value is -3.11. The van der Waals surface area contributed by atoms with Crippen molar-refractivity contribution in [1.82, 2.24) is 24.9 Å². The van der Waals surface area contributed by atoms with Gasteiger partial charge in [0.15, 0.2) is 5.82 Å². The highest BCUT2D eigenvalue weighted by atomic mass is 19.4.